The summed E-state index contributed by atoms with van der Waals surface area (Å²) in [5.74, 6) is 0. The molecule has 2 rings (SSSR count). The van der Waals surface area contributed by atoms with Crippen molar-refractivity contribution >= 4 is 95.6 Å². The van der Waals surface area contributed by atoms with Crippen molar-refractivity contribution in [1.29, 1.82) is 0 Å². The van der Waals surface area contributed by atoms with E-state index in [9.17, 15) is 0 Å². The molecule has 0 aliphatic rings. The molecule has 94 valence electrons. The Morgan fingerprint density at radius 3 is 1.67 bits per heavy atom. The van der Waals surface area contributed by atoms with Crippen LogP contribution in [0.2, 0.25) is 0 Å². The van der Waals surface area contributed by atoms with Crippen LogP contribution in [0.15, 0.2) is 51.1 Å². The second-order valence-electron chi connectivity index (χ2n) is 3.44. The molecule has 2 aromatic rings. The molecule has 0 unspecified atom stereocenters. The lowest BCUT2D eigenvalue weighted by Crippen LogP contribution is -1.88. The van der Waals surface area contributed by atoms with Crippen molar-refractivity contribution in [3.8, 4) is 11.1 Å². The van der Waals surface area contributed by atoms with Crippen molar-refractivity contribution in [1.82, 2.24) is 0 Å². The Labute approximate surface area is 156 Å². The van der Waals surface area contributed by atoms with Gasteiger partial charge in [-0.05, 0) is 66.0 Å². The molecule has 0 amide bonds. The summed E-state index contributed by atoms with van der Waals surface area (Å²) >= 11 is 21.5. The number of hydrogen-bond donors (Lipinski definition) is 0. The second kappa shape index (κ2) is 6.39. The smallest absolute Gasteiger partial charge is 0.0466 e. The standard InChI is InChI=1S/C12H4Br6/c13-5-2-1-3-6(14)9(5)10-7(15)4-8(16)11(17)12(10)18/h1-4H. The van der Waals surface area contributed by atoms with E-state index < -0.39 is 0 Å². The van der Waals surface area contributed by atoms with Crippen molar-refractivity contribution in [3.05, 3.63) is 51.1 Å². The first-order chi connectivity index (χ1) is 8.43. The highest BCUT2D eigenvalue weighted by molar-refractivity contribution is 9.14. The molecular weight excluding hydrogens is 624 g/mol. The third-order valence-corrected chi connectivity index (χ3v) is 7.58. The molecule has 0 saturated heterocycles. The number of hydrogen-bond acceptors (Lipinski definition) is 0. The Morgan fingerprint density at radius 1 is 0.556 bits per heavy atom. The van der Waals surface area contributed by atoms with Crippen LogP contribution in [-0.4, -0.2) is 0 Å². The average Bonchev–Trinajstić information content (AvgIpc) is 2.30. The SMILES string of the molecule is Brc1cc(Br)c(-c2c(Br)cccc2Br)c(Br)c1Br. The van der Waals surface area contributed by atoms with Crippen molar-refractivity contribution < 1.29 is 0 Å². The monoisotopic (exact) mass is 622 g/mol. The van der Waals surface area contributed by atoms with E-state index in [1.165, 1.54) is 0 Å². The van der Waals surface area contributed by atoms with E-state index in [0.29, 0.717) is 0 Å². The molecular formula is C12H4Br6. The molecule has 0 N–H and O–H groups in total. The van der Waals surface area contributed by atoms with E-state index in [4.69, 9.17) is 0 Å². The molecule has 0 atom stereocenters. The highest BCUT2D eigenvalue weighted by atomic mass is 79.9. The first-order valence-electron chi connectivity index (χ1n) is 4.71. The highest BCUT2D eigenvalue weighted by Gasteiger charge is 2.18. The summed E-state index contributed by atoms with van der Waals surface area (Å²) in [6, 6.07) is 8.06. The third-order valence-electron chi connectivity index (χ3n) is 2.33. The summed E-state index contributed by atoms with van der Waals surface area (Å²) in [5.41, 5.74) is 2.19. The van der Waals surface area contributed by atoms with Gasteiger partial charge in [-0.2, -0.15) is 0 Å². The molecule has 0 spiro atoms. The van der Waals surface area contributed by atoms with Gasteiger partial charge >= 0.3 is 0 Å². The van der Waals surface area contributed by atoms with Gasteiger partial charge in [0, 0.05) is 38.0 Å². The Kier molecular flexibility index (Phi) is 5.58. The Hall–Kier alpha value is 1.32. The van der Waals surface area contributed by atoms with E-state index in [2.05, 4.69) is 95.6 Å². The first-order valence-corrected chi connectivity index (χ1v) is 9.46. The van der Waals surface area contributed by atoms with Crippen LogP contribution >= 0.6 is 95.6 Å². The Balaban J connectivity index is 2.84. The molecule has 0 fully saturated rings. The van der Waals surface area contributed by atoms with Crippen LogP contribution in [0.25, 0.3) is 11.1 Å². The highest BCUT2D eigenvalue weighted by Crippen LogP contribution is 2.47. The number of benzene rings is 2. The summed E-state index contributed by atoms with van der Waals surface area (Å²) < 4.78 is 6.06. The van der Waals surface area contributed by atoms with E-state index in [1.807, 2.05) is 24.3 Å². The quantitative estimate of drug-likeness (QED) is 0.223. The normalized spacial score (nSPS) is 10.8. The van der Waals surface area contributed by atoms with Gasteiger partial charge in [0.05, 0.1) is 0 Å². The van der Waals surface area contributed by atoms with Crippen LogP contribution < -0.4 is 0 Å². The Bertz CT molecular complexity index is 600. The molecule has 18 heavy (non-hydrogen) atoms. The maximum atomic E-state index is 3.64. The van der Waals surface area contributed by atoms with Crippen LogP contribution in [0.3, 0.4) is 0 Å². The van der Waals surface area contributed by atoms with Gasteiger partial charge in [-0.3, -0.25) is 0 Å². The Morgan fingerprint density at radius 2 is 1.11 bits per heavy atom. The van der Waals surface area contributed by atoms with Crippen LogP contribution in [0.5, 0.6) is 0 Å². The molecule has 0 saturated carbocycles. The van der Waals surface area contributed by atoms with E-state index in [-0.39, 0.29) is 0 Å². The van der Waals surface area contributed by atoms with Crippen LogP contribution in [0.4, 0.5) is 0 Å². The summed E-state index contributed by atoms with van der Waals surface area (Å²) in [4.78, 5) is 0. The lowest BCUT2D eigenvalue weighted by molar-refractivity contribution is 1.46. The van der Waals surface area contributed by atoms with Crippen molar-refractivity contribution in [2.45, 2.75) is 0 Å². The van der Waals surface area contributed by atoms with Gasteiger partial charge in [0.1, 0.15) is 0 Å². The number of rotatable bonds is 1. The molecule has 0 aliphatic carbocycles. The van der Waals surface area contributed by atoms with Crippen molar-refractivity contribution in [3.63, 3.8) is 0 Å². The fraction of sp³-hybridized carbons (Fsp3) is 0. The van der Waals surface area contributed by atoms with Gasteiger partial charge in [-0.15, -0.1) is 0 Å². The topological polar surface area (TPSA) is 0 Å². The van der Waals surface area contributed by atoms with Crippen molar-refractivity contribution in [2.75, 3.05) is 0 Å². The lowest BCUT2D eigenvalue weighted by atomic mass is 10.1. The fourth-order valence-corrected chi connectivity index (χ4v) is 5.76. The molecule has 0 radical (unpaired) electrons. The van der Waals surface area contributed by atoms with Gasteiger partial charge in [0.15, 0.2) is 0 Å². The lowest BCUT2D eigenvalue weighted by Gasteiger charge is -2.14. The largest absolute Gasteiger partial charge is 0.0600 e. The molecule has 0 heterocycles. The maximum absolute atomic E-state index is 3.64. The van der Waals surface area contributed by atoms with Crippen molar-refractivity contribution in [2.24, 2.45) is 0 Å². The maximum Gasteiger partial charge on any atom is 0.0466 e. The zero-order chi connectivity index (χ0) is 13.4. The molecule has 6 heteroatoms. The van der Waals surface area contributed by atoms with E-state index in [1.54, 1.807) is 0 Å². The minimum Gasteiger partial charge on any atom is -0.0600 e. The molecule has 0 bridgehead atoms. The molecule has 2 aromatic carbocycles. The van der Waals surface area contributed by atoms with Crippen LogP contribution in [0, 0.1) is 0 Å². The molecule has 0 aromatic heterocycles. The van der Waals surface area contributed by atoms with E-state index >= 15 is 0 Å². The van der Waals surface area contributed by atoms with Crippen LogP contribution in [-0.2, 0) is 0 Å². The van der Waals surface area contributed by atoms with Gasteiger partial charge in [0.2, 0.25) is 0 Å². The van der Waals surface area contributed by atoms with Gasteiger partial charge < -0.3 is 0 Å². The minimum absolute atomic E-state index is 0.989. The molecule has 0 nitrogen and oxygen atoms in total. The summed E-state index contributed by atoms with van der Waals surface area (Å²) in [6.45, 7) is 0. The zero-order valence-corrected chi connectivity index (χ0v) is 18.1. The predicted molar refractivity (Wildman–Crippen MR) is 98.1 cm³/mol. The summed E-state index contributed by atoms with van der Waals surface area (Å²) in [7, 11) is 0. The fourth-order valence-electron chi connectivity index (χ4n) is 1.53. The minimum atomic E-state index is 0.989. The molecule has 0 aliphatic heterocycles. The predicted octanol–water partition coefficient (Wildman–Crippen LogP) is 7.93. The van der Waals surface area contributed by atoms with E-state index in [0.717, 1.165) is 38.0 Å². The van der Waals surface area contributed by atoms with Gasteiger partial charge in [-0.1, -0.05) is 53.9 Å². The van der Waals surface area contributed by atoms with Gasteiger partial charge in [0.25, 0.3) is 0 Å². The van der Waals surface area contributed by atoms with Crippen LogP contribution in [0.1, 0.15) is 0 Å². The number of halogens is 6. The summed E-state index contributed by atoms with van der Waals surface area (Å²) in [6.07, 6.45) is 0. The third kappa shape index (κ3) is 2.98. The van der Waals surface area contributed by atoms with Gasteiger partial charge in [-0.25, -0.2) is 0 Å². The summed E-state index contributed by atoms with van der Waals surface area (Å²) in [5, 5.41) is 0. The second-order valence-corrected chi connectivity index (χ2v) is 8.44. The zero-order valence-electron chi connectivity index (χ0n) is 8.58. The first kappa shape index (κ1) is 15.7. The average molecular weight is 628 g/mol.